The normalized spacial score (nSPS) is 21.6. The zero-order chi connectivity index (χ0) is 17.9. The number of carbonyl (C=O) groups is 1. The van der Waals surface area contributed by atoms with Gasteiger partial charge in [0.25, 0.3) is 0 Å². The van der Waals surface area contributed by atoms with Crippen molar-refractivity contribution in [3.63, 3.8) is 0 Å². The van der Waals surface area contributed by atoms with Crippen LogP contribution in [0, 0.1) is 6.92 Å². The lowest BCUT2D eigenvalue weighted by Gasteiger charge is -2.40. The van der Waals surface area contributed by atoms with Crippen molar-refractivity contribution in [2.45, 2.75) is 71.7 Å². The molecular weight excluding hydrogens is 304 g/mol. The summed E-state index contributed by atoms with van der Waals surface area (Å²) in [4.78, 5) is 14.2. The summed E-state index contributed by atoms with van der Waals surface area (Å²) < 4.78 is 5.51. The van der Waals surface area contributed by atoms with E-state index in [4.69, 9.17) is 4.74 Å². The summed E-state index contributed by atoms with van der Waals surface area (Å²) in [5.74, 6) is 0.345. The molecule has 5 nitrogen and oxygen atoms in total. The Kier molecular flexibility index (Phi) is 5.75. The third-order valence-electron chi connectivity index (χ3n) is 4.49. The summed E-state index contributed by atoms with van der Waals surface area (Å²) in [7, 11) is 0. The lowest BCUT2D eigenvalue weighted by molar-refractivity contribution is 0.00697. The van der Waals surface area contributed by atoms with Gasteiger partial charge in [0.2, 0.25) is 0 Å². The number of phenols is 1. The maximum Gasteiger partial charge on any atom is 0.410 e. The number of aromatic hydroxyl groups is 1. The lowest BCUT2D eigenvalue weighted by atomic mass is 9.97. The summed E-state index contributed by atoms with van der Waals surface area (Å²) in [5.41, 5.74) is 1.28. The fourth-order valence-corrected chi connectivity index (χ4v) is 3.10. The third kappa shape index (κ3) is 4.63. The molecule has 0 spiro atoms. The number of rotatable bonds is 3. The van der Waals surface area contributed by atoms with E-state index in [9.17, 15) is 9.90 Å². The molecule has 1 saturated heterocycles. The Morgan fingerprint density at radius 3 is 2.79 bits per heavy atom. The van der Waals surface area contributed by atoms with Gasteiger partial charge in [-0.3, -0.25) is 0 Å². The second-order valence-electron chi connectivity index (χ2n) is 7.63. The molecule has 0 aliphatic carbocycles. The molecule has 2 unspecified atom stereocenters. The van der Waals surface area contributed by atoms with Crippen molar-refractivity contribution < 1.29 is 14.6 Å². The molecule has 1 heterocycles. The predicted octanol–water partition coefficient (Wildman–Crippen LogP) is 3.58. The van der Waals surface area contributed by atoms with E-state index in [1.807, 2.05) is 50.8 Å². The van der Waals surface area contributed by atoms with Crippen molar-refractivity contribution in [3.05, 3.63) is 29.3 Å². The number of hydrogen-bond donors (Lipinski definition) is 2. The van der Waals surface area contributed by atoms with Crippen LogP contribution in [-0.4, -0.2) is 40.3 Å². The number of carbonyl (C=O) groups excluding carboxylic acids is 1. The van der Waals surface area contributed by atoms with Crippen molar-refractivity contribution in [1.82, 2.24) is 10.2 Å². The van der Waals surface area contributed by atoms with Gasteiger partial charge in [0.15, 0.2) is 0 Å². The quantitative estimate of drug-likeness (QED) is 0.887. The number of hydrogen-bond acceptors (Lipinski definition) is 4. The number of aryl methyl sites for hydroxylation is 1. The molecule has 24 heavy (non-hydrogen) atoms. The van der Waals surface area contributed by atoms with Crippen molar-refractivity contribution >= 4 is 6.09 Å². The summed E-state index contributed by atoms with van der Waals surface area (Å²) in [5, 5.41) is 13.6. The van der Waals surface area contributed by atoms with E-state index < -0.39 is 5.60 Å². The van der Waals surface area contributed by atoms with Gasteiger partial charge in [-0.25, -0.2) is 4.79 Å². The van der Waals surface area contributed by atoms with E-state index in [1.54, 1.807) is 0 Å². The number of piperidine rings is 1. The molecule has 0 saturated carbocycles. The molecule has 1 amide bonds. The molecular formula is C19H30N2O3. The summed E-state index contributed by atoms with van der Waals surface area (Å²) in [6, 6.07) is 6.01. The van der Waals surface area contributed by atoms with E-state index in [0.29, 0.717) is 12.3 Å². The van der Waals surface area contributed by atoms with Crippen LogP contribution in [0.2, 0.25) is 0 Å². The summed E-state index contributed by atoms with van der Waals surface area (Å²) in [6.45, 7) is 10.9. The van der Waals surface area contributed by atoms with Gasteiger partial charge in [-0.15, -0.1) is 0 Å². The highest BCUT2D eigenvalue weighted by atomic mass is 16.6. The number of amides is 1. The molecule has 1 aromatic carbocycles. The Bertz CT molecular complexity index is 580. The van der Waals surface area contributed by atoms with Gasteiger partial charge in [-0.1, -0.05) is 18.2 Å². The average molecular weight is 334 g/mol. The highest BCUT2D eigenvalue weighted by Gasteiger charge is 2.33. The van der Waals surface area contributed by atoms with Gasteiger partial charge >= 0.3 is 6.09 Å². The molecule has 134 valence electrons. The number of para-hydroxylation sites is 1. The van der Waals surface area contributed by atoms with Crippen LogP contribution in [0.25, 0.3) is 0 Å². The highest BCUT2D eigenvalue weighted by molar-refractivity contribution is 5.68. The fraction of sp³-hybridized carbons (Fsp3) is 0.632. The molecule has 2 N–H and O–H groups in total. The average Bonchev–Trinajstić information content (AvgIpc) is 2.48. The van der Waals surface area contributed by atoms with Crippen molar-refractivity contribution in [2.24, 2.45) is 0 Å². The number of likely N-dealkylation sites (tertiary alicyclic amines) is 1. The van der Waals surface area contributed by atoms with Gasteiger partial charge in [-0.2, -0.15) is 0 Å². The molecule has 1 aromatic rings. The molecule has 1 aliphatic heterocycles. The Balaban J connectivity index is 1.98. The first-order chi connectivity index (χ1) is 11.2. The van der Waals surface area contributed by atoms with E-state index in [-0.39, 0.29) is 18.2 Å². The zero-order valence-electron chi connectivity index (χ0n) is 15.4. The molecule has 0 aromatic heterocycles. The Morgan fingerprint density at radius 1 is 1.42 bits per heavy atom. The van der Waals surface area contributed by atoms with Crippen LogP contribution in [-0.2, 0) is 11.3 Å². The first kappa shape index (κ1) is 18.6. The molecule has 5 heteroatoms. The third-order valence-corrected chi connectivity index (χ3v) is 4.49. The number of benzene rings is 1. The molecule has 1 aliphatic rings. The summed E-state index contributed by atoms with van der Waals surface area (Å²) in [6.07, 6.45) is 1.70. The topological polar surface area (TPSA) is 61.8 Å². The van der Waals surface area contributed by atoms with Crippen LogP contribution in [0.15, 0.2) is 18.2 Å². The number of nitrogens with zero attached hydrogens (tertiary/aromatic N) is 1. The molecule has 0 radical (unpaired) electrons. The van der Waals surface area contributed by atoms with Gasteiger partial charge in [-0.05, 0) is 53.0 Å². The van der Waals surface area contributed by atoms with E-state index in [0.717, 1.165) is 30.5 Å². The first-order valence-corrected chi connectivity index (χ1v) is 8.69. The fourth-order valence-electron chi connectivity index (χ4n) is 3.10. The number of ether oxygens (including phenoxy) is 1. The summed E-state index contributed by atoms with van der Waals surface area (Å²) >= 11 is 0. The van der Waals surface area contributed by atoms with Gasteiger partial charge < -0.3 is 20.1 Å². The van der Waals surface area contributed by atoms with Crippen LogP contribution >= 0.6 is 0 Å². The van der Waals surface area contributed by atoms with Crippen molar-refractivity contribution in [3.8, 4) is 5.75 Å². The van der Waals surface area contributed by atoms with Gasteiger partial charge in [0, 0.05) is 30.7 Å². The predicted molar refractivity (Wildman–Crippen MR) is 95.1 cm³/mol. The maximum atomic E-state index is 12.4. The Hall–Kier alpha value is -1.75. The molecule has 2 rings (SSSR count). The monoisotopic (exact) mass is 334 g/mol. The number of phenolic OH excluding ortho intramolecular Hbond substituents is 1. The number of nitrogens with one attached hydrogen (secondary N) is 1. The largest absolute Gasteiger partial charge is 0.507 e. The molecule has 2 atom stereocenters. The molecule has 1 fully saturated rings. The van der Waals surface area contributed by atoms with Crippen LogP contribution in [0.1, 0.15) is 51.7 Å². The smallest absolute Gasteiger partial charge is 0.410 e. The lowest BCUT2D eigenvalue weighted by Crippen LogP contribution is -2.55. The van der Waals surface area contributed by atoms with Crippen LogP contribution in [0.4, 0.5) is 4.79 Å². The zero-order valence-corrected chi connectivity index (χ0v) is 15.4. The van der Waals surface area contributed by atoms with Crippen LogP contribution in [0.3, 0.4) is 0 Å². The standard InChI is InChI=1S/C19H30N2O3/c1-13-8-6-9-15(17(13)22)12-20-16-10-7-11-21(14(16)2)18(23)24-19(3,4)5/h6,8-9,14,16,20,22H,7,10-12H2,1-5H3. The minimum Gasteiger partial charge on any atom is -0.507 e. The second kappa shape index (κ2) is 7.43. The van der Waals surface area contributed by atoms with Crippen LogP contribution < -0.4 is 5.32 Å². The van der Waals surface area contributed by atoms with Crippen molar-refractivity contribution in [2.75, 3.05) is 6.54 Å². The van der Waals surface area contributed by atoms with E-state index in [2.05, 4.69) is 12.2 Å². The van der Waals surface area contributed by atoms with Crippen LogP contribution in [0.5, 0.6) is 5.75 Å². The van der Waals surface area contributed by atoms with Gasteiger partial charge in [0.05, 0.1) is 0 Å². The Labute approximate surface area is 145 Å². The second-order valence-corrected chi connectivity index (χ2v) is 7.63. The highest BCUT2D eigenvalue weighted by Crippen LogP contribution is 2.24. The Morgan fingerprint density at radius 2 is 2.12 bits per heavy atom. The van der Waals surface area contributed by atoms with Crippen molar-refractivity contribution in [1.29, 1.82) is 0 Å². The van der Waals surface area contributed by atoms with E-state index in [1.165, 1.54) is 0 Å². The van der Waals surface area contributed by atoms with Gasteiger partial charge in [0.1, 0.15) is 11.4 Å². The first-order valence-electron chi connectivity index (χ1n) is 8.69. The van der Waals surface area contributed by atoms with E-state index >= 15 is 0 Å². The maximum absolute atomic E-state index is 12.4. The SMILES string of the molecule is Cc1cccc(CNC2CCCN(C(=O)OC(C)(C)C)C2C)c1O. The minimum absolute atomic E-state index is 0.0561. The molecule has 0 bridgehead atoms. The minimum atomic E-state index is -0.482.